The number of hydrogen-bond acceptors (Lipinski definition) is 2. The lowest BCUT2D eigenvalue weighted by Crippen LogP contribution is -2.25. The Morgan fingerprint density at radius 2 is 1.28 bits per heavy atom. The minimum atomic E-state index is -4.78. The third-order valence-electron chi connectivity index (χ3n) is 5.62. The molecule has 1 aliphatic heterocycles. The smallest absolute Gasteiger partial charge is 0.348 e. The molecule has 1 heterocycles. The van der Waals surface area contributed by atoms with E-state index in [-0.39, 0.29) is 23.6 Å². The maximum Gasteiger partial charge on any atom is 0.409 e. The first kappa shape index (κ1) is 25.7. The van der Waals surface area contributed by atoms with Gasteiger partial charge in [-0.05, 0) is 47.0 Å². The third kappa shape index (κ3) is 5.68. The fourth-order valence-electron chi connectivity index (χ4n) is 3.76. The molecule has 0 aromatic heterocycles. The van der Waals surface area contributed by atoms with Crippen LogP contribution in [0.25, 0.3) is 28.3 Å². The lowest BCUT2D eigenvalue weighted by atomic mass is 9.97. The monoisotopic (exact) mass is 508 g/mol. The van der Waals surface area contributed by atoms with Crippen molar-refractivity contribution in [2.24, 2.45) is 5.92 Å². The zero-order valence-electron chi connectivity index (χ0n) is 18.6. The number of rotatable bonds is 5. The van der Waals surface area contributed by atoms with Crippen LogP contribution in [0.5, 0.6) is 0 Å². The van der Waals surface area contributed by atoms with Gasteiger partial charge in [-0.2, -0.15) is 13.2 Å². The Labute approximate surface area is 202 Å². The Morgan fingerprint density at radius 3 is 1.78 bits per heavy atom. The second-order valence-electron chi connectivity index (χ2n) is 8.16. The number of allylic oxidation sites excluding steroid dienone is 1. The molecule has 0 spiro atoms. The average Bonchev–Trinajstić information content (AvgIpc) is 2.82. The molecule has 1 fully saturated rings. The molecule has 36 heavy (non-hydrogen) atoms. The number of benzene rings is 3. The van der Waals surface area contributed by atoms with Crippen LogP contribution in [0.2, 0.25) is 0 Å². The van der Waals surface area contributed by atoms with Crippen molar-refractivity contribution in [3.8, 4) is 22.3 Å². The van der Waals surface area contributed by atoms with E-state index >= 15 is 0 Å². The quantitative estimate of drug-likeness (QED) is 0.257. The SMILES string of the molecule is C=CC1COC(c2ccc(-c3cc(F)c(-c4cc(F)c(/C=C/C(F)(F)F)c(F)c4)c(F)c3)cc2)OC1. The molecule has 1 saturated heterocycles. The summed E-state index contributed by atoms with van der Waals surface area (Å²) in [5.74, 6) is -4.88. The molecule has 3 aromatic rings. The Bertz CT molecular complexity index is 1240. The van der Waals surface area contributed by atoms with Gasteiger partial charge in [-0.3, -0.25) is 0 Å². The standard InChI is InChI=1S/C27H19F7O2/c1-2-15-13-35-26(36-14-15)17-5-3-16(4-6-17)18-9-23(30)25(24(31)10-18)19-11-21(28)20(22(29)12-19)7-8-27(32,33)34/h2-12,15,26H,1,13-14H2/b8-7+. The minimum Gasteiger partial charge on any atom is -0.348 e. The van der Waals surface area contributed by atoms with Crippen molar-refractivity contribution in [1.82, 2.24) is 0 Å². The molecule has 2 nitrogen and oxygen atoms in total. The first-order valence-electron chi connectivity index (χ1n) is 10.8. The number of alkyl halides is 3. The van der Waals surface area contributed by atoms with Crippen molar-refractivity contribution in [2.75, 3.05) is 13.2 Å². The predicted molar refractivity (Wildman–Crippen MR) is 121 cm³/mol. The van der Waals surface area contributed by atoms with Gasteiger partial charge in [-0.1, -0.05) is 30.3 Å². The Kier molecular flexibility index (Phi) is 7.33. The van der Waals surface area contributed by atoms with Gasteiger partial charge in [0, 0.05) is 23.1 Å². The van der Waals surface area contributed by atoms with Crippen molar-refractivity contribution in [3.63, 3.8) is 0 Å². The van der Waals surface area contributed by atoms with Crippen molar-refractivity contribution in [2.45, 2.75) is 12.5 Å². The van der Waals surface area contributed by atoms with E-state index in [9.17, 15) is 30.7 Å². The highest BCUT2D eigenvalue weighted by atomic mass is 19.4. The summed E-state index contributed by atoms with van der Waals surface area (Å²) in [7, 11) is 0. The molecule has 0 bridgehead atoms. The van der Waals surface area contributed by atoms with Gasteiger partial charge in [0.05, 0.1) is 18.8 Å². The Balaban J connectivity index is 1.59. The van der Waals surface area contributed by atoms with Gasteiger partial charge in [0.1, 0.15) is 23.3 Å². The fourth-order valence-corrected chi connectivity index (χ4v) is 3.76. The Morgan fingerprint density at radius 1 is 0.750 bits per heavy atom. The van der Waals surface area contributed by atoms with Crippen LogP contribution in [0.4, 0.5) is 30.7 Å². The highest BCUT2D eigenvalue weighted by molar-refractivity contribution is 5.73. The van der Waals surface area contributed by atoms with Crippen LogP contribution in [0.1, 0.15) is 17.4 Å². The zero-order chi connectivity index (χ0) is 26.0. The molecule has 0 amide bonds. The van der Waals surface area contributed by atoms with Crippen molar-refractivity contribution in [3.05, 3.63) is 102 Å². The molecule has 0 unspecified atom stereocenters. The van der Waals surface area contributed by atoms with Gasteiger partial charge in [0.15, 0.2) is 6.29 Å². The van der Waals surface area contributed by atoms with Crippen molar-refractivity contribution in [1.29, 1.82) is 0 Å². The molecule has 188 valence electrons. The lowest BCUT2D eigenvalue weighted by molar-refractivity contribution is -0.197. The van der Waals surface area contributed by atoms with Crippen LogP contribution in [0, 0.1) is 29.2 Å². The third-order valence-corrected chi connectivity index (χ3v) is 5.62. The summed E-state index contributed by atoms with van der Waals surface area (Å²) in [5.41, 5.74) is -0.823. The predicted octanol–water partition coefficient (Wildman–Crippen LogP) is 8.00. The van der Waals surface area contributed by atoms with Gasteiger partial charge in [0.2, 0.25) is 0 Å². The van der Waals surface area contributed by atoms with E-state index in [1.54, 1.807) is 30.3 Å². The average molecular weight is 508 g/mol. The molecule has 1 aliphatic rings. The molecule has 3 aromatic carbocycles. The highest BCUT2D eigenvalue weighted by Crippen LogP contribution is 2.34. The number of halogens is 7. The summed E-state index contributed by atoms with van der Waals surface area (Å²) in [4.78, 5) is 0. The minimum absolute atomic E-state index is 0.0968. The maximum atomic E-state index is 14.9. The summed E-state index contributed by atoms with van der Waals surface area (Å²) in [6.45, 7) is 4.60. The van der Waals surface area contributed by atoms with Crippen LogP contribution in [-0.2, 0) is 9.47 Å². The largest absolute Gasteiger partial charge is 0.409 e. The summed E-state index contributed by atoms with van der Waals surface area (Å²) < 4.78 is 107. The molecular weight excluding hydrogens is 489 g/mol. The summed E-state index contributed by atoms with van der Waals surface area (Å²) in [6.07, 6.45) is -3.73. The van der Waals surface area contributed by atoms with Crippen LogP contribution in [0.3, 0.4) is 0 Å². The summed E-state index contributed by atoms with van der Waals surface area (Å²) in [5, 5.41) is 0. The molecule has 0 atom stereocenters. The molecule has 0 aliphatic carbocycles. The van der Waals surface area contributed by atoms with Crippen LogP contribution in [0.15, 0.2) is 67.3 Å². The van der Waals surface area contributed by atoms with E-state index in [0.29, 0.717) is 36.5 Å². The van der Waals surface area contributed by atoms with Crippen molar-refractivity contribution >= 4 is 6.08 Å². The van der Waals surface area contributed by atoms with E-state index < -0.39 is 52.4 Å². The molecule has 4 rings (SSSR count). The van der Waals surface area contributed by atoms with Crippen molar-refractivity contribution < 1.29 is 40.2 Å². The molecule has 9 heteroatoms. The maximum absolute atomic E-state index is 14.9. The normalized spacial score (nSPS) is 18.5. The fraction of sp³-hybridized carbons (Fsp3) is 0.185. The van der Waals surface area contributed by atoms with E-state index in [0.717, 1.165) is 12.1 Å². The van der Waals surface area contributed by atoms with Crippen LogP contribution in [-0.4, -0.2) is 19.4 Å². The summed E-state index contributed by atoms with van der Waals surface area (Å²) in [6, 6.07) is 9.79. The first-order valence-corrected chi connectivity index (χ1v) is 10.8. The lowest BCUT2D eigenvalue weighted by Gasteiger charge is -2.28. The van der Waals surface area contributed by atoms with Crippen LogP contribution >= 0.6 is 0 Å². The van der Waals surface area contributed by atoms with Gasteiger partial charge in [-0.15, -0.1) is 6.58 Å². The zero-order valence-corrected chi connectivity index (χ0v) is 18.6. The van der Waals surface area contributed by atoms with E-state index in [2.05, 4.69) is 6.58 Å². The molecule has 0 radical (unpaired) electrons. The van der Waals surface area contributed by atoms with E-state index in [4.69, 9.17) is 9.47 Å². The van der Waals surface area contributed by atoms with Gasteiger partial charge in [0.25, 0.3) is 0 Å². The summed E-state index contributed by atoms with van der Waals surface area (Å²) >= 11 is 0. The second-order valence-corrected chi connectivity index (χ2v) is 8.16. The number of hydrogen-bond donors (Lipinski definition) is 0. The number of ether oxygens (including phenoxy) is 2. The first-order chi connectivity index (χ1) is 17.1. The second kappa shape index (κ2) is 10.3. The van der Waals surface area contributed by atoms with Gasteiger partial charge < -0.3 is 9.47 Å². The molecule has 0 saturated carbocycles. The highest BCUT2D eigenvalue weighted by Gasteiger charge is 2.24. The molecule has 0 N–H and O–H groups in total. The van der Waals surface area contributed by atoms with E-state index in [1.807, 2.05) is 0 Å². The van der Waals surface area contributed by atoms with Gasteiger partial charge in [-0.25, -0.2) is 17.6 Å². The Hall–Kier alpha value is -3.43. The topological polar surface area (TPSA) is 18.5 Å². The van der Waals surface area contributed by atoms with E-state index in [1.165, 1.54) is 0 Å². The molecular formula is C27H19F7O2. The van der Waals surface area contributed by atoms with Crippen LogP contribution < -0.4 is 0 Å². The van der Waals surface area contributed by atoms with Gasteiger partial charge >= 0.3 is 6.18 Å².